The van der Waals surface area contributed by atoms with Crippen LogP contribution in [0.5, 0.6) is 0 Å². The molecule has 1 aliphatic rings. The summed E-state index contributed by atoms with van der Waals surface area (Å²) in [7, 11) is 0. The number of aromatic nitrogens is 1. The Hall–Kier alpha value is -2.36. The average Bonchev–Trinajstić information content (AvgIpc) is 2.83. The van der Waals surface area contributed by atoms with Gasteiger partial charge in [-0.2, -0.15) is 0 Å². The lowest BCUT2D eigenvalue weighted by molar-refractivity contribution is 0.0697. The summed E-state index contributed by atoms with van der Waals surface area (Å²) in [4.78, 5) is 15.4. The van der Waals surface area contributed by atoms with Gasteiger partial charge in [0.05, 0.1) is 17.3 Å². The maximum atomic E-state index is 10.9. The minimum absolute atomic E-state index is 0.167. The Morgan fingerprint density at radius 2 is 2.21 bits per heavy atom. The molecule has 0 fully saturated rings. The number of nitrogens with one attached hydrogen (secondary N) is 1. The summed E-state index contributed by atoms with van der Waals surface area (Å²) < 4.78 is 0. The first kappa shape index (κ1) is 11.7. The monoisotopic (exact) mass is 254 g/mol. The molecule has 0 saturated heterocycles. The van der Waals surface area contributed by atoms with Gasteiger partial charge in [0.25, 0.3) is 0 Å². The van der Waals surface area contributed by atoms with Gasteiger partial charge in [0.2, 0.25) is 0 Å². The summed E-state index contributed by atoms with van der Waals surface area (Å²) >= 11 is 0. The van der Waals surface area contributed by atoms with Crippen LogP contribution in [0.3, 0.4) is 0 Å². The van der Waals surface area contributed by atoms with Crippen molar-refractivity contribution in [3.8, 4) is 0 Å². The largest absolute Gasteiger partial charge is 0.478 e. The van der Waals surface area contributed by atoms with E-state index in [1.54, 1.807) is 24.4 Å². The average molecular weight is 254 g/mol. The van der Waals surface area contributed by atoms with Crippen LogP contribution in [0.2, 0.25) is 0 Å². The fraction of sp³-hybridized carbons (Fsp3) is 0.200. The number of benzene rings is 1. The molecule has 0 saturated carbocycles. The lowest BCUT2D eigenvalue weighted by atomic mass is 10.1. The number of carbonyl (C=O) groups is 1. The van der Waals surface area contributed by atoms with Crippen molar-refractivity contribution >= 4 is 11.7 Å². The van der Waals surface area contributed by atoms with Gasteiger partial charge in [-0.15, -0.1) is 0 Å². The third-order valence-electron chi connectivity index (χ3n) is 3.41. The van der Waals surface area contributed by atoms with Gasteiger partial charge in [0.15, 0.2) is 0 Å². The molecule has 1 aromatic carbocycles. The molecule has 0 amide bonds. The Morgan fingerprint density at radius 3 is 3.05 bits per heavy atom. The highest BCUT2D eigenvalue weighted by Crippen LogP contribution is 2.32. The van der Waals surface area contributed by atoms with Crippen LogP contribution < -0.4 is 5.32 Å². The summed E-state index contributed by atoms with van der Waals surface area (Å²) in [6.07, 6.45) is 3.80. The number of fused-ring (bicyclic) bond motifs is 1. The molecule has 2 N–H and O–H groups in total. The van der Waals surface area contributed by atoms with Gasteiger partial charge in [0, 0.05) is 11.9 Å². The first-order valence-corrected chi connectivity index (χ1v) is 6.28. The smallest absolute Gasteiger partial charge is 0.335 e. The molecule has 1 aromatic heterocycles. The van der Waals surface area contributed by atoms with Gasteiger partial charge in [-0.25, -0.2) is 4.79 Å². The quantitative estimate of drug-likeness (QED) is 0.884. The van der Waals surface area contributed by atoms with E-state index in [9.17, 15) is 4.79 Å². The fourth-order valence-electron chi connectivity index (χ4n) is 2.50. The van der Waals surface area contributed by atoms with Crippen LogP contribution >= 0.6 is 0 Å². The van der Waals surface area contributed by atoms with Crippen LogP contribution in [-0.2, 0) is 6.42 Å². The van der Waals surface area contributed by atoms with Crippen molar-refractivity contribution in [3.05, 3.63) is 59.4 Å². The van der Waals surface area contributed by atoms with Crippen molar-refractivity contribution in [1.82, 2.24) is 4.98 Å². The van der Waals surface area contributed by atoms with Gasteiger partial charge in [-0.3, -0.25) is 4.98 Å². The van der Waals surface area contributed by atoms with E-state index in [1.807, 2.05) is 12.1 Å². The van der Waals surface area contributed by atoms with E-state index < -0.39 is 5.97 Å². The Morgan fingerprint density at radius 1 is 1.32 bits per heavy atom. The molecule has 0 aliphatic heterocycles. The number of hydrogen-bond acceptors (Lipinski definition) is 3. The summed E-state index contributed by atoms with van der Waals surface area (Å²) in [5.41, 5.74) is 3.46. The standard InChI is InChI=1S/C15H14N2O2/c18-15(19)11-3-1-5-12(9-11)17-13-7-6-10-4-2-8-16-14(10)13/h1-5,8-9,13,17H,6-7H2,(H,18,19). The first-order chi connectivity index (χ1) is 9.24. The Balaban J connectivity index is 1.83. The Bertz CT molecular complexity index is 625. The highest BCUT2D eigenvalue weighted by molar-refractivity contribution is 5.88. The van der Waals surface area contributed by atoms with E-state index in [4.69, 9.17) is 5.11 Å². The van der Waals surface area contributed by atoms with E-state index >= 15 is 0 Å². The minimum atomic E-state index is -0.909. The third kappa shape index (κ3) is 2.29. The molecule has 3 rings (SSSR count). The molecule has 0 spiro atoms. The van der Waals surface area contributed by atoms with Crippen LogP contribution in [0.4, 0.5) is 5.69 Å². The fourth-order valence-corrected chi connectivity index (χ4v) is 2.50. The van der Waals surface area contributed by atoms with Crippen molar-refractivity contribution in [1.29, 1.82) is 0 Å². The van der Waals surface area contributed by atoms with Crippen molar-refractivity contribution in [2.45, 2.75) is 18.9 Å². The molecular formula is C15H14N2O2. The molecule has 2 aromatic rings. The first-order valence-electron chi connectivity index (χ1n) is 6.28. The predicted molar refractivity (Wildman–Crippen MR) is 72.3 cm³/mol. The van der Waals surface area contributed by atoms with Crippen LogP contribution in [-0.4, -0.2) is 16.1 Å². The zero-order valence-corrected chi connectivity index (χ0v) is 10.3. The summed E-state index contributed by atoms with van der Waals surface area (Å²) in [6, 6.07) is 11.1. The number of hydrogen-bond donors (Lipinski definition) is 2. The normalized spacial score (nSPS) is 16.9. The minimum Gasteiger partial charge on any atom is -0.478 e. The topological polar surface area (TPSA) is 62.2 Å². The summed E-state index contributed by atoms with van der Waals surface area (Å²) in [5.74, 6) is -0.909. The molecule has 96 valence electrons. The molecule has 1 heterocycles. The van der Waals surface area contributed by atoms with Crippen molar-refractivity contribution in [3.63, 3.8) is 0 Å². The van der Waals surface area contributed by atoms with Crippen molar-refractivity contribution in [2.24, 2.45) is 0 Å². The number of rotatable bonds is 3. The van der Waals surface area contributed by atoms with E-state index in [2.05, 4.69) is 16.4 Å². The van der Waals surface area contributed by atoms with Gasteiger partial charge >= 0.3 is 5.97 Å². The predicted octanol–water partition coefficient (Wildman–Crippen LogP) is 2.88. The van der Waals surface area contributed by atoms with Crippen molar-refractivity contribution < 1.29 is 9.90 Å². The third-order valence-corrected chi connectivity index (χ3v) is 3.41. The lowest BCUT2D eigenvalue weighted by Gasteiger charge is -2.14. The Labute approximate surface area is 111 Å². The molecule has 19 heavy (non-hydrogen) atoms. The number of nitrogens with zero attached hydrogens (tertiary/aromatic N) is 1. The molecular weight excluding hydrogens is 240 g/mol. The molecule has 1 aliphatic carbocycles. The number of carboxylic acid groups (broad SMARTS) is 1. The van der Waals surface area contributed by atoms with Crippen LogP contribution in [0.25, 0.3) is 0 Å². The van der Waals surface area contributed by atoms with E-state index in [0.717, 1.165) is 24.2 Å². The maximum absolute atomic E-state index is 10.9. The lowest BCUT2D eigenvalue weighted by Crippen LogP contribution is -2.09. The Kier molecular flexibility index (Phi) is 2.91. The highest BCUT2D eigenvalue weighted by Gasteiger charge is 2.23. The van der Waals surface area contributed by atoms with E-state index in [-0.39, 0.29) is 6.04 Å². The van der Waals surface area contributed by atoms with Gasteiger partial charge in [-0.1, -0.05) is 12.1 Å². The molecule has 0 radical (unpaired) electrons. The zero-order chi connectivity index (χ0) is 13.2. The van der Waals surface area contributed by atoms with Gasteiger partial charge in [-0.05, 0) is 42.7 Å². The number of aryl methyl sites for hydroxylation is 1. The molecule has 1 atom stereocenters. The van der Waals surface area contributed by atoms with Gasteiger partial charge < -0.3 is 10.4 Å². The van der Waals surface area contributed by atoms with Gasteiger partial charge in [0.1, 0.15) is 0 Å². The van der Waals surface area contributed by atoms with Crippen LogP contribution in [0, 0.1) is 0 Å². The second-order valence-electron chi connectivity index (χ2n) is 4.67. The number of carboxylic acids is 1. The molecule has 0 bridgehead atoms. The van der Waals surface area contributed by atoms with Crippen LogP contribution in [0.15, 0.2) is 42.6 Å². The maximum Gasteiger partial charge on any atom is 0.335 e. The van der Waals surface area contributed by atoms with Crippen molar-refractivity contribution in [2.75, 3.05) is 5.32 Å². The number of anilines is 1. The SMILES string of the molecule is O=C(O)c1cccc(NC2CCc3cccnc32)c1. The van der Waals surface area contributed by atoms with E-state index in [1.165, 1.54) is 5.56 Å². The summed E-state index contributed by atoms with van der Waals surface area (Å²) in [6.45, 7) is 0. The molecule has 4 heteroatoms. The van der Waals surface area contributed by atoms with E-state index in [0.29, 0.717) is 5.56 Å². The second kappa shape index (κ2) is 4.72. The second-order valence-corrected chi connectivity index (χ2v) is 4.67. The zero-order valence-electron chi connectivity index (χ0n) is 10.3. The molecule has 1 unspecified atom stereocenters. The summed E-state index contributed by atoms with van der Waals surface area (Å²) in [5, 5.41) is 12.4. The number of aromatic carboxylic acids is 1. The highest BCUT2D eigenvalue weighted by atomic mass is 16.4. The molecule has 4 nitrogen and oxygen atoms in total. The van der Waals surface area contributed by atoms with Crippen LogP contribution in [0.1, 0.15) is 34.1 Å². The number of pyridine rings is 1.